The topological polar surface area (TPSA) is 72.9 Å². The van der Waals surface area contributed by atoms with E-state index in [1.807, 2.05) is 123 Å². The fourth-order valence-corrected chi connectivity index (χ4v) is 8.84. The van der Waals surface area contributed by atoms with Crippen LogP contribution in [-0.2, 0) is 25.2 Å². The normalized spacial score (nSPS) is 25.3. The van der Waals surface area contributed by atoms with Crippen molar-refractivity contribution < 1.29 is 23.9 Å². The molecule has 1 saturated carbocycles. The first-order valence-corrected chi connectivity index (χ1v) is 16.2. The van der Waals surface area contributed by atoms with Gasteiger partial charge in [-0.1, -0.05) is 120 Å². The van der Waals surface area contributed by atoms with Gasteiger partial charge in [0.25, 0.3) is 0 Å². The van der Waals surface area contributed by atoms with Gasteiger partial charge in [0.1, 0.15) is 0 Å². The third kappa shape index (κ3) is 3.49. The van der Waals surface area contributed by atoms with Gasteiger partial charge in [-0.05, 0) is 59.4 Å². The van der Waals surface area contributed by atoms with Crippen molar-refractivity contribution in [1.29, 1.82) is 0 Å². The number of allylic oxidation sites excluding steroid dienone is 2. The minimum atomic E-state index is -1.45. The zero-order valence-corrected chi connectivity index (χ0v) is 26.5. The molecular weight excluding hydrogens is 598 g/mol. The quantitative estimate of drug-likeness (QED) is 0.192. The molecule has 4 unspecified atom stereocenters. The summed E-state index contributed by atoms with van der Waals surface area (Å²) >= 11 is 0. The fraction of sp³-hybridized carbons (Fsp3) is 0.167. The van der Waals surface area contributed by atoms with E-state index in [0.29, 0.717) is 28.3 Å². The van der Waals surface area contributed by atoms with Crippen LogP contribution in [-0.4, -0.2) is 24.4 Å². The van der Waals surface area contributed by atoms with E-state index in [9.17, 15) is 0 Å². The van der Waals surface area contributed by atoms with E-state index in [-0.39, 0.29) is 12.6 Å². The molecule has 234 valence electrons. The number of nitrogens with zero attached hydrogens (tertiary/aromatic N) is 1. The number of benzene rings is 5. The highest BCUT2D eigenvalue weighted by Crippen LogP contribution is 2.74. The van der Waals surface area contributed by atoms with Crippen molar-refractivity contribution in [2.24, 2.45) is 11.8 Å². The lowest BCUT2D eigenvalue weighted by molar-refractivity contribution is -0.130. The lowest BCUT2D eigenvalue weighted by Gasteiger charge is -2.39. The highest BCUT2D eigenvalue weighted by atomic mass is 16.7. The van der Waals surface area contributed by atoms with Gasteiger partial charge in [0.2, 0.25) is 18.6 Å². The number of aryl methyl sites for hydroxylation is 2. The number of ketones is 1. The number of fused-ring (bicyclic) bond motifs is 6. The molecule has 2 aliphatic carbocycles. The van der Waals surface area contributed by atoms with Gasteiger partial charge in [0, 0.05) is 6.07 Å². The van der Waals surface area contributed by atoms with Crippen molar-refractivity contribution in [3.8, 4) is 11.5 Å². The molecule has 0 radical (unpaired) electrons. The van der Waals surface area contributed by atoms with Gasteiger partial charge in [0.15, 0.2) is 17.3 Å². The number of imide groups is 1. The van der Waals surface area contributed by atoms with Crippen LogP contribution in [0.5, 0.6) is 11.5 Å². The number of rotatable bonds is 5. The second kappa shape index (κ2) is 10.1. The van der Waals surface area contributed by atoms with Crippen LogP contribution >= 0.6 is 0 Å². The Hall–Kier alpha value is -5.75. The highest BCUT2D eigenvalue weighted by Gasteiger charge is 2.82. The molecule has 2 aliphatic heterocycles. The maximum atomic E-state index is 16.0. The minimum Gasteiger partial charge on any atom is -0.454 e. The Morgan fingerprint density at radius 1 is 0.562 bits per heavy atom. The number of hydrogen-bond acceptors (Lipinski definition) is 5. The van der Waals surface area contributed by atoms with Crippen LogP contribution in [0.1, 0.15) is 33.4 Å². The molecule has 48 heavy (non-hydrogen) atoms. The van der Waals surface area contributed by atoms with Crippen molar-refractivity contribution in [2.75, 3.05) is 11.7 Å². The summed E-state index contributed by atoms with van der Waals surface area (Å²) in [5.74, 6) is -1.89. The summed E-state index contributed by atoms with van der Waals surface area (Å²) < 4.78 is 11.2. The Kier molecular flexibility index (Phi) is 6.00. The first-order chi connectivity index (χ1) is 23.4. The maximum Gasteiger partial charge on any atom is 0.239 e. The molecule has 6 nitrogen and oxygen atoms in total. The largest absolute Gasteiger partial charge is 0.454 e. The van der Waals surface area contributed by atoms with E-state index in [2.05, 4.69) is 0 Å². The van der Waals surface area contributed by atoms with Gasteiger partial charge in [-0.2, -0.15) is 0 Å². The Bertz CT molecular complexity index is 2060. The molecule has 2 heterocycles. The molecule has 2 amide bonds. The Morgan fingerprint density at radius 3 is 1.50 bits per heavy atom. The van der Waals surface area contributed by atoms with Gasteiger partial charge in [0.05, 0.1) is 28.4 Å². The third-order valence-corrected chi connectivity index (χ3v) is 10.7. The van der Waals surface area contributed by atoms with E-state index >= 15 is 14.4 Å². The van der Waals surface area contributed by atoms with Crippen molar-refractivity contribution in [1.82, 2.24) is 0 Å². The van der Waals surface area contributed by atoms with Crippen LogP contribution in [0.3, 0.4) is 0 Å². The fourth-order valence-electron chi connectivity index (χ4n) is 8.84. The Morgan fingerprint density at radius 2 is 1.02 bits per heavy atom. The highest BCUT2D eigenvalue weighted by molar-refractivity contribution is 6.39. The van der Waals surface area contributed by atoms with Gasteiger partial charge in [-0.25, -0.2) is 4.90 Å². The zero-order valence-electron chi connectivity index (χ0n) is 26.5. The van der Waals surface area contributed by atoms with Crippen molar-refractivity contribution >= 4 is 34.4 Å². The zero-order chi connectivity index (χ0) is 32.8. The molecule has 0 N–H and O–H groups in total. The lowest BCUT2D eigenvalue weighted by Crippen LogP contribution is -2.45. The van der Waals surface area contributed by atoms with Gasteiger partial charge in [-0.3, -0.25) is 14.4 Å². The van der Waals surface area contributed by atoms with Crippen LogP contribution in [0.4, 0.5) is 5.69 Å². The van der Waals surface area contributed by atoms with Crippen LogP contribution in [0.2, 0.25) is 0 Å². The first-order valence-electron chi connectivity index (χ1n) is 16.2. The number of ether oxygens (including phenoxy) is 2. The predicted octanol–water partition coefficient (Wildman–Crippen LogP) is 7.22. The molecule has 5 aromatic carbocycles. The van der Waals surface area contributed by atoms with Crippen LogP contribution < -0.4 is 14.4 Å². The molecule has 6 heteroatoms. The van der Waals surface area contributed by atoms with Crippen molar-refractivity contribution in [3.05, 3.63) is 161 Å². The SMILES string of the molecule is Cc1ccc(C2=C(c3ccc(C)cc3)C3(c4ccccc4)C(=O)C2(c2ccccc2)C2C(=O)N(c4ccc5c(c4)OCO5)C(=O)C23)cc1. The van der Waals surface area contributed by atoms with Crippen molar-refractivity contribution in [3.63, 3.8) is 0 Å². The monoisotopic (exact) mass is 629 g/mol. The number of Topliss-reactive ketones (excluding diaryl/α,β-unsaturated/α-hetero) is 1. The molecule has 2 fully saturated rings. The number of carbonyl (C=O) groups excluding carboxylic acids is 3. The average molecular weight is 630 g/mol. The minimum absolute atomic E-state index is 0.0679. The Labute approximate surface area is 278 Å². The number of anilines is 1. The molecule has 9 rings (SSSR count). The molecule has 1 saturated heterocycles. The van der Waals surface area contributed by atoms with E-state index in [1.165, 1.54) is 4.90 Å². The summed E-state index contributed by atoms with van der Waals surface area (Å²) in [6.07, 6.45) is 0. The van der Waals surface area contributed by atoms with E-state index < -0.39 is 34.5 Å². The lowest BCUT2D eigenvalue weighted by atomic mass is 9.59. The molecule has 2 bridgehead atoms. The summed E-state index contributed by atoms with van der Waals surface area (Å²) in [6, 6.07) is 40.6. The second-order valence-corrected chi connectivity index (χ2v) is 13.2. The molecule has 0 spiro atoms. The molecule has 4 atom stereocenters. The molecular formula is C42H31NO5. The average Bonchev–Trinajstić information content (AvgIpc) is 3.82. The summed E-state index contributed by atoms with van der Waals surface area (Å²) in [4.78, 5) is 47.6. The molecule has 4 aliphatic rings. The standard InChI is InChI=1S/C42H31NO5/c1-25-13-17-27(18-14-25)34-35(28-19-15-26(2)16-20-28)42(30-11-7-4-8-12-30)37-36(41(34,40(42)46)29-9-5-3-6-10-29)38(44)43(39(37)45)31-21-22-32-33(23-31)48-24-47-32/h3-23,36-37H,24H2,1-2H3. The van der Waals surface area contributed by atoms with Crippen LogP contribution in [0.15, 0.2) is 127 Å². The van der Waals surface area contributed by atoms with Gasteiger partial charge in [-0.15, -0.1) is 0 Å². The van der Waals surface area contributed by atoms with Gasteiger partial charge < -0.3 is 9.47 Å². The number of carbonyl (C=O) groups is 3. The predicted molar refractivity (Wildman–Crippen MR) is 182 cm³/mol. The van der Waals surface area contributed by atoms with E-state index in [0.717, 1.165) is 33.4 Å². The van der Waals surface area contributed by atoms with Crippen molar-refractivity contribution in [2.45, 2.75) is 24.7 Å². The van der Waals surface area contributed by atoms with E-state index in [4.69, 9.17) is 9.47 Å². The maximum absolute atomic E-state index is 16.0. The first kappa shape index (κ1) is 28.5. The number of hydrogen-bond donors (Lipinski definition) is 0. The summed E-state index contributed by atoms with van der Waals surface area (Å²) in [5.41, 5.74) is 4.33. The molecule has 5 aromatic rings. The second-order valence-electron chi connectivity index (χ2n) is 13.2. The van der Waals surface area contributed by atoms with E-state index in [1.54, 1.807) is 18.2 Å². The summed E-state index contributed by atoms with van der Waals surface area (Å²) in [5, 5.41) is 0. The van der Waals surface area contributed by atoms with Gasteiger partial charge >= 0.3 is 0 Å². The summed E-state index contributed by atoms with van der Waals surface area (Å²) in [6.45, 7) is 4.13. The Balaban J connectivity index is 1.42. The smallest absolute Gasteiger partial charge is 0.239 e. The van der Waals surface area contributed by atoms with Crippen LogP contribution in [0, 0.1) is 25.7 Å². The number of amides is 2. The summed E-state index contributed by atoms with van der Waals surface area (Å²) in [7, 11) is 0. The third-order valence-electron chi connectivity index (χ3n) is 10.7. The molecule has 0 aromatic heterocycles. The van der Waals surface area contributed by atoms with Crippen LogP contribution in [0.25, 0.3) is 11.1 Å².